The standard InChI is InChI=1S/C22H31N5O/c1-18-21(25-10-9-24-18)16-27-13-6-22(20(15-27)17-28)4-11-26(12-5-22)14-19-2-7-23-8-3-19/h2-3,7-10,20,28H,4-6,11-17H2,1H3. The molecule has 2 saturated heterocycles. The van der Waals surface area contributed by atoms with Gasteiger partial charge < -0.3 is 5.11 Å². The van der Waals surface area contributed by atoms with E-state index in [1.165, 1.54) is 24.8 Å². The van der Waals surface area contributed by atoms with Gasteiger partial charge in [0.05, 0.1) is 11.4 Å². The summed E-state index contributed by atoms with van der Waals surface area (Å²) in [6.07, 6.45) is 10.8. The molecule has 0 bridgehead atoms. The Labute approximate surface area is 167 Å². The Balaban J connectivity index is 1.35. The number of rotatable bonds is 5. The lowest BCUT2D eigenvalue weighted by molar-refractivity contribution is -0.0453. The molecule has 6 heteroatoms. The highest BCUT2D eigenvalue weighted by Gasteiger charge is 2.44. The number of likely N-dealkylation sites (tertiary alicyclic amines) is 2. The smallest absolute Gasteiger partial charge is 0.0756 e. The van der Waals surface area contributed by atoms with Crippen LogP contribution >= 0.6 is 0 Å². The molecule has 0 amide bonds. The highest BCUT2D eigenvalue weighted by molar-refractivity contribution is 5.10. The zero-order chi connectivity index (χ0) is 19.4. The minimum absolute atomic E-state index is 0.278. The number of aromatic nitrogens is 3. The summed E-state index contributed by atoms with van der Waals surface area (Å²) in [5.41, 5.74) is 3.69. The van der Waals surface area contributed by atoms with Gasteiger partial charge >= 0.3 is 0 Å². The second-order valence-electron chi connectivity index (χ2n) is 8.45. The van der Waals surface area contributed by atoms with Crippen molar-refractivity contribution >= 4 is 0 Å². The van der Waals surface area contributed by atoms with Crippen molar-refractivity contribution in [3.63, 3.8) is 0 Å². The van der Waals surface area contributed by atoms with E-state index < -0.39 is 0 Å². The molecular weight excluding hydrogens is 350 g/mol. The first-order chi connectivity index (χ1) is 13.7. The van der Waals surface area contributed by atoms with E-state index in [2.05, 4.69) is 36.9 Å². The van der Waals surface area contributed by atoms with Gasteiger partial charge in [-0.1, -0.05) is 0 Å². The molecule has 1 spiro atoms. The highest BCUT2D eigenvalue weighted by Crippen LogP contribution is 2.45. The Morgan fingerprint density at radius 2 is 1.64 bits per heavy atom. The molecule has 1 unspecified atom stereocenters. The lowest BCUT2D eigenvalue weighted by Crippen LogP contribution is -2.53. The van der Waals surface area contributed by atoms with Crippen molar-refractivity contribution < 1.29 is 5.11 Å². The molecule has 0 aliphatic carbocycles. The summed E-state index contributed by atoms with van der Waals surface area (Å²) < 4.78 is 0. The minimum Gasteiger partial charge on any atom is -0.396 e. The van der Waals surface area contributed by atoms with Crippen LogP contribution in [0, 0.1) is 18.3 Å². The lowest BCUT2D eigenvalue weighted by atomic mass is 9.64. The molecule has 1 N–H and O–H groups in total. The third-order valence-corrected chi connectivity index (χ3v) is 6.85. The Hall–Kier alpha value is -1.89. The van der Waals surface area contributed by atoms with Gasteiger partial charge in [-0.15, -0.1) is 0 Å². The highest BCUT2D eigenvalue weighted by atomic mass is 16.3. The molecule has 4 rings (SSSR count). The van der Waals surface area contributed by atoms with Crippen LogP contribution in [0.3, 0.4) is 0 Å². The SMILES string of the molecule is Cc1nccnc1CN1CCC2(CCN(Cc3ccncc3)CC2)C(CO)C1. The van der Waals surface area contributed by atoms with Crippen LogP contribution in [0.25, 0.3) is 0 Å². The number of aliphatic hydroxyl groups excluding tert-OH is 1. The largest absolute Gasteiger partial charge is 0.396 e. The van der Waals surface area contributed by atoms with E-state index in [9.17, 15) is 5.11 Å². The number of piperidine rings is 2. The number of hydrogen-bond acceptors (Lipinski definition) is 6. The zero-order valence-corrected chi connectivity index (χ0v) is 16.8. The normalized spacial score (nSPS) is 23.1. The van der Waals surface area contributed by atoms with Crippen LogP contribution in [0.2, 0.25) is 0 Å². The Morgan fingerprint density at radius 1 is 0.964 bits per heavy atom. The maximum atomic E-state index is 10.2. The summed E-state index contributed by atoms with van der Waals surface area (Å²) in [5, 5.41) is 10.2. The average molecular weight is 382 g/mol. The van der Waals surface area contributed by atoms with Crippen molar-refractivity contribution in [3.05, 3.63) is 53.9 Å². The molecular formula is C22H31N5O. The summed E-state index contributed by atoms with van der Waals surface area (Å²) in [6, 6.07) is 4.21. The topological polar surface area (TPSA) is 65.4 Å². The summed E-state index contributed by atoms with van der Waals surface area (Å²) >= 11 is 0. The van der Waals surface area contributed by atoms with Crippen molar-refractivity contribution in [2.24, 2.45) is 11.3 Å². The van der Waals surface area contributed by atoms with Crippen LogP contribution in [-0.4, -0.2) is 62.6 Å². The first-order valence-electron chi connectivity index (χ1n) is 10.4. The number of aliphatic hydroxyl groups is 1. The van der Waals surface area contributed by atoms with Gasteiger partial charge in [-0.3, -0.25) is 24.8 Å². The number of pyridine rings is 1. The molecule has 2 fully saturated rings. The maximum absolute atomic E-state index is 10.2. The van der Waals surface area contributed by atoms with Crippen molar-refractivity contribution in [2.45, 2.75) is 39.3 Å². The van der Waals surface area contributed by atoms with Crippen LogP contribution < -0.4 is 0 Å². The van der Waals surface area contributed by atoms with E-state index in [1.807, 2.05) is 19.3 Å². The lowest BCUT2D eigenvalue weighted by Gasteiger charge is -2.51. The van der Waals surface area contributed by atoms with E-state index in [4.69, 9.17) is 0 Å². The number of hydrogen-bond donors (Lipinski definition) is 1. The fourth-order valence-corrected chi connectivity index (χ4v) is 4.94. The molecule has 28 heavy (non-hydrogen) atoms. The fraction of sp³-hybridized carbons (Fsp3) is 0.591. The number of nitrogens with zero attached hydrogens (tertiary/aromatic N) is 5. The van der Waals surface area contributed by atoms with Crippen molar-refractivity contribution in [1.29, 1.82) is 0 Å². The third kappa shape index (κ3) is 4.24. The molecule has 0 aromatic carbocycles. The van der Waals surface area contributed by atoms with E-state index in [0.717, 1.165) is 50.7 Å². The molecule has 2 aliphatic rings. The Morgan fingerprint density at radius 3 is 2.32 bits per heavy atom. The molecule has 4 heterocycles. The zero-order valence-electron chi connectivity index (χ0n) is 16.8. The molecule has 2 aromatic rings. The van der Waals surface area contributed by atoms with Gasteiger partial charge in [-0.05, 0) is 68.9 Å². The quantitative estimate of drug-likeness (QED) is 0.857. The molecule has 2 aromatic heterocycles. The summed E-state index contributed by atoms with van der Waals surface area (Å²) in [7, 11) is 0. The fourth-order valence-electron chi connectivity index (χ4n) is 4.94. The monoisotopic (exact) mass is 381 g/mol. The first kappa shape index (κ1) is 19.4. The molecule has 1 atom stereocenters. The van der Waals surface area contributed by atoms with Crippen LogP contribution in [-0.2, 0) is 13.1 Å². The van der Waals surface area contributed by atoms with Gasteiger partial charge in [-0.2, -0.15) is 0 Å². The predicted molar refractivity (Wildman–Crippen MR) is 108 cm³/mol. The van der Waals surface area contributed by atoms with E-state index in [0.29, 0.717) is 5.92 Å². The van der Waals surface area contributed by atoms with Gasteiger partial charge in [0.25, 0.3) is 0 Å². The molecule has 6 nitrogen and oxygen atoms in total. The first-order valence-corrected chi connectivity index (χ1v) is 10.4. The van der Waals surface area contributed by atoms with Gasteiger partial charge in [0.2, 0.25) is 0 Å². The van der Waals surface area contributed by atoms with Gasteiger partial charge in [-0.25, -0.2) is 0 Å². The Kier molecular flexibility index (Phi) is 5.99. The van der Waals surface area contributed by atoms with Gasteiger partial charge in [0, 0.05) is 56.9 Å². The predicted octanol–water partition coefficient (Wildman–Crippen LogP) is 2.28. The van der Waals surface area contributed by atoms with Crippen LogP contribution in [0.4, 0.5) is 0 Å². The van der Waals surface area contributed by atoms with Crippen molar-refractivity contribution in [3.8, 4) is 0 Å². The van der Waals surface area contributed by atoms with E-state index >= 15 is 0 Å². The molecule has 0 radical (unpaired) electrons. The van der Waals surface area contributed by atoms with Gasteiger partial charge in [0.1, 0.15) is 0 Å². The third-order valence-electron chi connectivity index (χ3n) is 6.85. The minimum atomic E-state index is 0.278. The molecule has 2 aliphatic heterocycles. The second-order valence-corrected chi connectivity index (χ2v) is 8.45. The van der Waals surface area contributed by atoms with Crippen molar-refractivity contribution in [1.82, 2.24) is 24.8 Å². The Bertz CT molecular complexity index is 761. The second kappa shape index (κ2) is 8.64. The summed E-state index contributed by atoms with van der Waals surface area (Å²) in [5.74, 6) is 0.348. The summed E-state index contributed by atoms with van der Waals surface area (Å²) in [6.45, 7) is 8.40. The maximum Gasteiger partial charge on any atom is 0.0756 e. The van der Waals surface area contributed by atoms with E-state index in [1.54, 1.807) is 12.4 Å². The van der Waals surface area contributed by atoms with Crippen LogP contribution in [0.5, 0.6) is 0 Å². The van der Waals surface area contributed by atoms with E-state index in [-0.39, 0.29) is 12.0 Å². The van der Waals surface area contributed by atoms with Crippen LogP contribution in [0.15, 0.2) is 36.9 Å². The average Bonchev–Trinajstić information content (AvgIpc) is 2.73. The number of aryl methyl sites for hydroxylation is 1. The van der Waals surface area contributed by atoms with Gasteiger partial charge in [0.15, 0.2) is 0 Å². The summed E-state index contributed by atoms with van der Waals surface area (Å²) in [4.78, 5) is 18.0. The molecule has 150 valence electrons. The van der Waals surface area contributed by atoms with Crippen molar-refractivity contribution in [2.75, 3.05) is 32.8 Å². The van der Waals surface area contributed by atoms with Crippen LogP contribution in [0.1, 0.15) is 36.2 Å². The molecule has 0 saturated carbocycles.